The molecule has 0 aromatic heterocycles. The van der Waals surface area contributed by atoms with Gasteiger partial charge in [-0.15, -0.1) is 0 Å². The zero-order valence-corrected chi connectivity index (χ0v) is 14.0. The Labute approximate surface area is 139 Å². The molecule has 3 aliphatic heterocycles. The van der Waals surface area contributed by atoms with Crippen molar-refractivity contribution in [1.82, 2.24) is 0 Å². The minimum Gasteiger partial charge on any atom is -0.490 e. The first-order valence-corrected chi connectivity index (χ1v) is 9.83. The second-order valence-corrected chi connectivity index (χ2v) is 8.74. The normalized spacial score (nSPS) is 32.9. The average molecular weight is 334 g/mol. The van der Waals surface area contributed by atoms with E-state index in [9.17, 15) is 9.00 Å². The Kier molecular flexibility index (Phi) is 4.14. The number of ketones is 1. The van der Waals surface area contributed by atoms with Gasteiger partial charge in [-0.05, 0) is 43.9 Å². The number of hydrogen-bond acceptors (Lipinski definition) is 4. The summed E-state index contributed by atoms with van der Waals surface area (Å²) in [7, 11) is -0.731. The van der Waals surface area contributed by atoms with Crippen LogP contribution in [0.2, 0.25) is 0 Å². The maximum absolute atomic E-state index is 12.9. The predicted octanol–water partition coefficient (Wildman–Crippen LogP) is 3.11. The highest BCUT2D eigenvalue weighted by Gasteiger charge is 2.40. The van der Waals surface area contributed by atoms with E-state index >= 15 is 0 Å². The molecule has 0 saturated carbocycles. The lowest BCUT2D eigenvalue weighted by Crippen LogP contribution is -2.41. The highest BCUT2D eigenvalue weighted by Crippen LogP contribution is 2.39. The SMILES string of the molecule is O=C(c1ccc2c(c1)OCCCO2)C1CC2CCCC(C1)S2=O. The Bertz CT molecular complexity index is 626. The molecule has 5 heteroatoms. The van der Waals surface area contributed by atoms with Crippen LogP contribution >= 0.6 is 0 Å². The quantitative estimate of drug-likeness (QED) is 0.780. The van der Waals surface area contributed by atoms with Gasteiger partial charge in [0.25, 0.3) is 0 Å². The van der Waals surface area contributed by atoms with Gasteiger partial charge in [0.2, 0.25) is 0 Å². The van der Waals surface area contributed by atoms with Gasteiger partial charge in [-0.2, -0.15) is 0 Å². The van der Waals surface area contributed by atoms with Gasteiger partial charge in [0.15, 0.2) is 17.3 Å². The van der Waals surface area contributed by atoms with Crippen LogP contribution < -0.4 is 9.47 Å². The summed E-state index contributed by atoms with van der Waals surface area (Å²) in [6.45, 7) is 1.27. The fraction of sp³-hybridized carbons (Fsp3) is 0.611. The molecule has 1 aromatic carbocycles. The van der Waals surface area contributed by atoms with Crippen LogP contribution in [-0.2, 0) is 10.8 Å². The Morgan fingerprint density at radius 2 is 1.70 bits per heavy atom. The molecule has 2 saturated heterocycles. The van der Waals surface area contributed by atoms with Crippen molar-refractivity contribution in [3.63, 3.8) is 0 Å². The number of Topliss-reactive ketones (excluding diaryl/α,β-unsaturated/α-hetero) is 1. The first-order valence-electron chi connectivity index (χ1n) is 8.55. The van der Waals surface area contributed by atoms with Gasteiger partial charge in [0, 0.05) is 39.2 Å². The minimum atomic E-state index is -0.731. The molecule has 1 aromatic rings. The summed E-state index contributed by atoms with van der Waals surface area (Å²) < 4.78 is 23.6. The molecule has 0 radical (unpaired) electrons. The molecule has 2 fully saturated rings. The monoisotopic (exact) mass is 334 g/mol. The molecule has 0 amide bonds. The fourth-order valence-electron chi connectivity index (χ4n) is 4.00. The average Bonchev–Trinajstić information content (AvgIpc) is 2.78. The van der Waals surface area contributed by atoms with E-state index in [1.54, 1.807) is 0 Å². The molecule has 3 heterocycles. The number of fused-ring (bicyclic) bond motifs is 3. The molecular formula is C18H22O4S. The maximum atomic E-state index is 12.9. The number of rotatable bonds is 2. The second kappa shape index (κ2) is 6.27. The fourth-order valence-corrected chi connectivity index (χ4v) is 6.19. The molecule has 4 nitrogen and oxygen atoms in total. The highest BCUT2D eigenvalue weighted by atomic mass is 32.2. The third-order valence-corrected chi connectivity index (χ3v) is 7.38. The lowest BCUT2D eigenvalue weighted by molar-refractivity contribution is 0.0895. The van der Waals surface area contributed by atoms with Gasteiger partial charge in [-0.25, -0.2) is 0 Å². The first-order chi connectivity index (χ1) is 11.2. The Balaban J connectivity index is 1.55. The minimum absolute atomic E-state index is 0.00717. The van der Waals surface area contributed by atoms with Crippen LogP contribution in [0.25, 0.3) is 0 Å². The lowest BCUT2D eigenvalue weighted by atomic mass is 9.84. The van der Waals surface area contributed by atoms with Crippen LogP contribution in [0.1, 0.15) is 48.9 Å². The van der Waals surface area contributed by atoms with E-state index in [0.717, 1.165) is 44.3 Å². The van der Waals surface area contributed by atoms with Crippen LogP contribution in [0.5, 0.6) is 11.5 Å². The van der Waals surface area contributed by atoms with Crippen molar-refractivity contribution < 1.29 is 18.5 Å². The van der Waals surface area contributed by atoms with Crippen molar-refractivity contribution in [3.05, 3.63) is 23.8 Å². The molecule has 2 atom stereocenters. The van der Waals surface area contributed by atoms with Gasteiger partial charge < -0.3 is 9.47 Å². The lowest BCUT2D eigenvalue weighted by Gasteiger charge is -2.37. The maximum Gasteiger partial charge on any atom is 0.166 e. The molecule has 2 bridgehead atoms. The number of carbonyl (C=O) groups excluding carboxylic acids is 1. The van der Waals surface area contributed by atoms with Gasteiger partial charge in [0.05, 0.1) is 13.2 Å². The number of carbonyl (C=O) groups is 1. The largest absolute Gasteiger partial charge is 0.490 e. The van der Waals surface area contributed by atoms with Crippen molar-refractivity contribution in [2.45, 2.75) is 49.0 Å². The van der Waals surface area contributed by atoms with Gasteiger partial charge >= 0.3 is 0 Å². The van der Waals surface area contributed by atoms with Crippen molar-refractivity contribution in [2.24, 2.45) is 5.92 Å². The van der Waals surface area contributed by atoms with Gasteiger partial charge in [-0.1, -0.05) is 6.42 Å². The summed E-state index contributed by atoms with van der Waals surface area (Å²) in [4.78, 5) is 12.9. The number of hydrogen-bond donors (Lipinski definition) is 0. The second-order valence-electron chi connectivity index (χ2n) is 6.75. The molecule has 0 aliphatic carbocycles. The summed E-state index contributed by atoms with van der Waals surface area (Å²) in [6, 6.07) is 5.51. The van der Waals surface area contributed by atoms with Crippen LogP contribution in [0.15, 0.2) is 18.2 Å². The summed E-state index contributed by atoms with van der Waals surface area (Å²) in [6.07, 6.45) is 5.58. The van der Waals surface area contributed by atoms with Gasteiger partial charge in [-0.3, -0.25) is 9.00 Å². The van der Waals surface area contributed by atoms with E-state index in [0.29, 0.717) is 24.5 Å². The van der Waals surface area contributed by atoms with Crippen molar-refractivity contribution in [2.75, 3.05) is 13.2 Å². The van der Waals surface area contributed by atoms with Crippen LogP contribution in [0.3, 0.4) is 0 Å². The van der Waals surface area contributed by atoms with Crippen LogP contribution in [-0.4, -0.2) is 33.7 Å². The van der Waals surface area contributed by atoms with E-state index < -0.39 is 10.8 Å². The highest BCUT2D eigenvalue weighted by molar-refractivity contribution is 7.86. The van der Waals surface area contributed by atoms with E-state index in [4.69, 9.17) is 9.47 Å². The van der Waals surface area contributed by atoms with Crippen molar-refractivity contribution >= 4 is 16.6 Å². The summed E-state index contributed by atoms with van der Waals surface area (Å²) in [5.41, 5.74) is 0.699. The predicted molar refractivity (Wildman–Crippen MR) is 88.7 cm³/mol. The van der Waals surface area contributed by atoms with E-state index in [1.165, 1.54) is 0 Å². The van der Waals surface area contributed by atoms with E-state index in [1.807, 2.05) is 18.2 Å². The molecule has 0 N–H and O–H groups in total. The smallest absolute Gasteiger partial charge is 0.166 e. The molecule has 0 spiro atoms. The van der Waals surface area contributed by atoms with Crippen molar-refractivity contribution in [3.8, 4) is 11.5 Å². The topological polar surface area (TPSA) is 52.6 Å². The first kappa shape index (κ1) is 15.2. The summed E-state index contributed by atoms with van der Waals surface area (Å²) >= 11 is 0. The molecule has 2 unspecified atom stereocenters. The van der Waals surface area contributed by atoms with Gasteiger partial charge in [0.1, 0.15) is 0 Å². The van der Waals surface area contributed by atoms with E-state index in [2.05, 4.69) is 0 Å². The molecule has 23 heavy (non-hydrogen) atoms. The Hall–Kier alpha value is -1.36. The zero-order chi connectivity index (χ0) is 15.8. The molecule has 3 aliphatic rings. The van der Waals surface area contributed by atoms with Crippen molar-refractivity contribution in [1.29, 1.82) is 0 Å². The third-order valence-electron chi connectivity index (χ3n) is 5.21. The Morgan fingerprint density at radius 3 is 2.43 bits per heavy atom. The van der Waals surface area contributed by atoms with E-state index in [-0.39, 0.29) is 22.2 Å². The van der Waals surface area contributed by atoms with Crippen LogP contribution in [0.4, 0.5) is 0 Å². The molecule has 124 valence electrons. The zero-order valence-electron chi connectivity index (χ0n) is 13.2. The third kappa shape index (κ3) is 2.91. The summed E-state index contributed by atoms with van der Waals surface area (Å²) in [5, 5.41) is 0.439. The number of benzene rings is 1. The standard InChI is InChI=1S/C18H22O4S/c19-18(13-9-14-3-1-4-15(10-13)23(14)20)12-5-6-16-17(11-12)22-8-2-7-21-16/h5-6,11,13-15H,1-4,7-10H2. The molecular weight excluding hydrogens is 312 g/mol. The summed E-state index contributed by atoms with van der Waals surface area (Å²) in [5.74, 6) is 1.58. The Morgan fingerprint density at radius 1 is 1.00 bits per heavy atom. The van der Waals surface area contributed by atoms with Crippen LogP contribution in [0, 0.1) is 5.92 Å². The number of ether oxygens (including phenoxy) is 2. The molecule has 4 rings (SSSR count).